The molecule has 0 saturated carbocycles. The van der Waals surface area contributed by atoms with Crippen LogP contribution in [-0.4, -0.2) is 9.55 Å². The summed E-state index contributed by atoms with van der Waals surface area (Å²) in [5.74, 6) is -1.45. The van der Waals surface area contributed by atoms with E-state index in [1.807, 2.05) is 18.5 Å². The van der Waals surface area contributed by atoms with Crippen LogP contribution in [0.1, 0.15) is 16.7 Å². The molecule has 0 aliphatic carbocycles. The quantitative estimate of drug-likeness (QED) is 0.266. The van der Waals surface area contributed by atoms with Crippen LogP contribution >= 0.6 is 30.7 Å². The summed E-state index contributed by atoms with van der Waals surface area (Å²) in [6, 6.07) is 11.1. The first kappa shape index (κ1) is 24.1. The van der Waals surface area contributed by atoms with Crippen molar-refractivity contribution < 1.29 is 17.6 Å². The Morgan fingerprint density at radius 3 is 2.53 bits per heavy atom. The van der Waals surface area contributed by atoms with Crippen LogP contribution in [0.2, 0.25) is 0 Å². The molecule has 0 fully saturated rings. The fourth-order valence-electron chi connectivity index (χ4n) is 3.45. The van der Waals surface area contributed by atoms with Gasteiger partial charge in [-0.05, 0) is 30.3 Å². The van der Waals surface area contributed by atoms with E-state index in [1.165, 1.54) is 18.4 Å². The molecule has 0 aliphatic heterocycles. The van der Waals surface area contributed by atoms with Gasteiger partial charge in [0.2, 0.25) is 0 Å². The van der Waals surface area contributed by atoms with E-state index in [4.69, 9.17) is 16.6 Å². The fraction of sp³-hybridized carbons (Fsp3) is 0.0870. The number of hydrogen-bond acceptors (Lipinski definition) is 4. The average molecular weight is 517 g/mol. The van der Waals surface area contributed by atoms with Crippen molar-refractivity contribution in [3.63, 3.8) is 0 Å². The first-order valence-electron chi connectivity index (χ1n) is 9.75. The van der Waals surface area contributed by atoms with Crippen molar-refractivity contribution in [2.24, 2.45) is 0 Å². The number of halogens is 3. The van der Waals surface area contributed by atoms with E-state index >= 15 is 0 Å². The van der Waals surface area contributed by atoms with Crippen LogP contribution in [-0.2, 0) is 11.7 Å². The van der Waals surface area contributed by atoms with Crippen molar-refractivity contribution in [2.75, 3.05) is 0 Å². The molecular formula is C23H16F3N3O2P2S. The normalized spacial score (nSPS) is 11.4. The molecule has 2 unspecified atom stereocenters. The molecule has 172 valence electrons. The summed E-state index contributed by atoms with van der Waals surface area (Å²) in [7, 11) is 3.84. The monoisotopic (exact) mass is 517 g/mol. The minimum absolute atomic E-state index is 0.00654. The van der Waals surface area contributed by atoms with Crippen molar-refractivity contribution in [1.82, 2.24) is 9.55 Å². The number of benzene rings is 1. The van der Waals surface area contributed by atoms with Crippen LogP contribution in [0, 0.1) is 27.6 Å². The minimum Gasteiger partial charge on any atom is -0.462 e. The van der Waals surface area contributed by atoms with Crippen molar-refractivity contribution in [2.45, 2.75) is 11.7 Å². The number of nitriles is 1. The van der Waals surface area contributed by atoms with E-state index in [9.17, 15) is 23.2 Å². The first-order chi connectivity index (χ1) is 16.1. The third-order valence-electron chi connectivity index (χ3n) is 5.14. The van der Waals surface area contributed by atoms with E-state index in [1.54, 1.807) is 30.5 Å². The van der Waals surface area contributed by atoms with Gasteiger partial charge in [-0.2, -0.15) is 5.26 Å². The Balaban J connectivity index is 1.94. The van der Waals surface area contributed by atoms with Crippen molar-refractivity contribution in [1.29, 1.82) is 5.26 Å². The highest BCUT2D eigenvalue weighted by atomic mass is 32.1. The number of pyridine rings is 2. The maximum Gasteiger partial charge on any atom is 0.269 e. The molecule has 0 spiro atoms. The van der Waals surface area contributed by atoms with Gasteiger partial charge in [0, 0.05) is 34.5 Å². The van der Waals surface area contributed by atoms with Crippen LogP contribution in [0.4, 0.5) is 13.2 Å². The van der Waals surface area contributed by atoms with Crippen molar-refractivity contribution in [3.8, 4) is 28.7 Å². The lowest BCUT2D eigenvalue weighted by molar-refractivity contribution is 0.421. The van der Waals surface area contributed by atoms with Crippen LogP contribution in [0.15, 0.2) is 64.1 Å². The number of aromatic amines is 1. The highest BCUT2D eigenvalue weighted by Gasteiger charge is 2.29. The van der Waals surface area contributed by atoms with E-state index in [-0.39, 0.29) is 29.1 Å². The van der Waals surface area contributed by atoms with Crippen molar-refractivity contribution in [3.05, 3.63) is 98.2 Å². The largest absolute Gasteiger partial charge is 0.462 e. The molecule has 11 heteroatoms. The lowest BCUT2D eigenvalue weighted by Gasteiger charge is -2.20. The maximum atomic E-state index is 14.9. The zero-order valence-electron chi connectivity index (χ0n) is 17.3. The Hall–Kier alpha value is -3.04. The van der Waals surface area contributed by atoms with Gasteiger partial charge in [0.05, 0.1) is 18.5 Å². The summed E-state index contributed by atoms with van der Waals surface area (Å²) in [6.07, 6.45) is 3.12. The second kappa shape index (κ2) is 9.31. The molecule has 1 aromatic carbocycles. The highest BCUT2D eigenvalue weighted by molar-refractivity contribution is 7.71. The number of furan rings is 1. The van der Waals surface area contributed by atoms with E-state index in [0.29, 0.717) is 16.3 Å². The summed E-state index contributed by atoms with van der Waals surface area (Å²) in [5, 5.41) is 7.40. The highest BCUT2D eigenvalue weighted by Crippen LogP contribution is 2.42. The van der Waals surface area contributed by atoms with Gasteiger partial charge in [0.1, 0.15) is 27.9 Å². The average Bonchev–Trinajstić information content (AvgIpc) is 3.26. The molecule has 4 aromatic rings. The van der Waals surface area contributed by atoms with Crippen LogP contribution < -0.4 is 5.56 Å². The van der Waals surface area contributed by atoms with Gasteiger partial charge in [-0.15, -0.1) is 0 Å². The standard InChI is InChI=1S/C23H16F3N3O2P2S/c24-15-3-1-13(18(25)6-15)10-29-19(7-17(23(26,32)33)16(8-27)22(29)30)20-5-14(11-31-20)12-2-4-21(34)28-9-12/h1-7,9,11H,10,32-33H2,(H,28,34). The van der Waals surface area contributed by atoms with E-state index in [0.717, 1.165) is 16.2 Å². The zero-order chi connectivity index (χ0) is 24.6. The van der Waals surface area contributed by atoms with Gasteiger partial charge < -0.3 is 9.40 Å². The summed E-state index contributed by atoms with van der Waals surface area (Å²) >= 11 is 5.05. The Morgan fingerprint density at radius 2 is 1.91 bits per heavy atom. The Bertz CT molecular complexity index is 1550. The SMILES string of the molecule is N#Cc1c(C(F)(P)P)cc(-c2cc(-c3ccc(=S)[nH]c3)co2)n(Cc2ccc(F)cc2F)c1=O. The van der Waals surface area contributed by atoms with Crippen LogP contribution in [0.5, 0.6) is 0 Å². The zero-order valence-corrected chi connectivity index (χ0v) is 20.4. The second-order valence-electron chi connectivity index (χ2n) is 7.47. The van der Waals surface area contributed by atoms with Gasteiger partial charge in [0.25, 0.3) is 5.56 Å². The Morgan fingerprint density at radius 1 is 1.15 bits per heavy atom. The number of nitrogens with one attached hydrogen (secondary N) is 1. The van der Waals surface area contributed by atoms with Gasteiger partial charge in [-0.25, -0.2) is 13.2 Å². The van der Waals surface area contributed by atoms with Crippen molar-refractivity contribution >= 4 is 30.7 Å². The van der Waals surface area contributed by atoms with Gasteiger partial charge in [-0.1, -0.05) is 36.8 Å². The Labute approximate surface area is 201 Å². The number of alkyl halides is 1. The smallest absolute Gasteiger partial charge is 0.269 e. The number of nitrogens with zero attached hydrogens (tertiary/aromatic N) is 2. The predicted molar refractivity (Wildman–Crippen MR) is 131 cm³/mol. The van der Waals surface area contributed by atoms with Gasteiger partial charge in [-0.3, -0.25) is 9.36 Å². The molecule has 0 aliphatic rings. The minimum atomic E-state index is -2.18. The molecule has 0 saturated heterocycles. The molecule has 34 heavy (non-hydrogen) atoms. The number of rotatable bonds is 5. The number of H-pyrrole nitrogens is 1. The topological polar surface area (TPSA) is 74.7 Å². The number of hydrogen-bond donors (Lipinski definition) is 1. The van der Waals surface area contributed by atoms with Crippen LogP contribution in [0.3, 0.4) is 0 Å². The first-order valence-corrected chi connectivity index (χ1v) is 11.3. The third kappa shape index (κ3) is 4.76. The predicted octanol–water partition coefficient (Wildman–Crippen LogP) is 5.86. The Kier molecular flexibility index (Phi) is 6.60. The second-order valence-corrected chi connectivity index (χ2v) is 10.3. The van der Waals surface area contributed by atoms with Crippen LogP contribution in [0.25, 0.3) is 22.6 Å². The summed E-state index contributed by atoms with van der Waals surface area (Å²) < 4.78 is 50.0. The molecule has 0 bridgehead atoms. The lowest BCUT2D eigenvalue weighted by atomic mass is 10.1. The third-order valence-corrected chi connectivity index (χ3v) is 6.01. The molecule has 3 heterocycles. The summed E-state index contributed by atoms with van der Waals surface area (Å²) in [6.45, 7) is -0.337. The lowest BCUT2D eigenvalue weighted by Crippen LogP contribution is -2.28. The molecule has 2 atom stereocenters. The molecule has 3 aromatic heterocycles. The number of aromatic nitrogens is 2. The van der Waals surface area contributed by atoms with E-state index in [2.05, 4.69) is 4.98 Å². The van der Waals surface area contributed by atoms with Gasteiger partial charge >= 0.3 is 0 Å². The summed E-state index contributed by atoms with van der Waals surface area (Å²) in [4.78, 5) is 16.2. The van der Waals surface area contributed by atoms with E-state index < -0.39 is 27.9 Å². The molecule has 0 radical (unpaired) electrons. The fourth-order valence-corrected chi connectivity index (χ4v) is 4.03. The maximum absolute atomic E-state index is 14.9. The van der Waals surface area contributed by atoms with Gasteiger partial charge in [0.15, 0.2) is 10.9 Å². The molecule has 5 nitrogen and oxygen atoms in total. The summed E-state index contributed by atoms with van der Waals surface area (Å²) in [5.41, 5.74) is 0.0308. The molecule has 0 amide bonds. The molecule has 4 rings (SSSR count). The molecular weight excluding hydrogens is 501 g/mol. The molecule has 1 N–H and O–H groups in total.